The lowest BCUT2D eigenvalue weighted by Crippen LogP contribution is -2.47. The SMILES string of the molecule is CC(C)C(NCC(F)(F)F)C(=O)OC(C)(C)C. The minimum atomic E-state index is -4.34. The van der Waals surface area contributed by atoms with Crippen molar-refractivity contribution in [1.82, 2.24) is 5.32 Å². The van der Waals surface area contributed by atoms with Crippen LogP contribution in [0, 0.1) is 5.92 Å². The second-order valence-electron chi connectivity index (χ2n) is 5.25. The third-order valence-corrected chi connectivity index (χ3v) is 1.85. The van der Waals surface area contributed by atoms with Crippen LogP contribution in [0.2, 0.25) is 0 Å². The Labute approximate surface area is 99.7 Å². The molecule has 0 saturated carbocycles. The monoisotopic (exact) mass is 255 g/mol. The van der Waals surface area contributed by atoms with Crippen molar-refractivity contribution in [2.75, 3.05) is 6.54 Å². The average Bonchev–Trinajstić information content (AvgIpc) is 1.96. The van der Waals surface area contributed by atoms with Gasteiger partial charge in [-0.3, -0.25) is 10.1 Å². The van der Waals surface area contributed by atoms with Crippen LogP contribution in [0.25, 0.3) is 0 Å². The van der Waals surface area contributed by atoms with E-state index in [0.29, 0.717) is 0 Å². The van der Waals surface area contributed by atoms with E-state index in [2.05, 4.69) is 5.32 Å². The molecule has 0 aromatic carbocycles. The first-order valence-electron chi connectivity index (χ1n) is 5.45. The smallest absolute Gasteiger partial charge is 0.401 e. The summed E-state index contributed by atoms with van der Waals surface area (Å²) in [7, 11) is 0. The van der Waals surface area contributed by atoms with E-state index in [9.17, 15) is 18.0 Å². The molecule has 1 unspecified atom stereocenters. The van der Waals surface area contributed by atoms with Crippen LogP contribution in [0.4, 0.5) is 13.2 Å². The molecule has 0 aliphatic carbocycles. The molecule has 0 amide bonds. The maximum Gasteiger partial charge on any atom is 0.401 e. The highest BCUT2D eigenvalue weighted by Gasteiger charge is 2.33. The summed E-state index contributed by atoms with van der Waals surface area (Å²) in [6, 6.07) is -0.948. The fourth-order valence-corrected chi connectivity index (χ4v) is 1.18. The Bertz CT molecular complexity index is 256. The molecule has 1 atom stereocenters. The van der Waals surface area contributed by atoms with Crippen LogP contribution in [0.15, 0.2) is 0 Å². The van der Waals surface area contributed by atoms with Crippen LogP contribution in [0.1, 0.15) is 34.6 Å². The molecule has 0 rings (SSSR count). The largest absolute Gasteiger partial charge is 0.459 e. The Morgan fingerprint density at radius 2 is 1.71 bits per heavy atom. The Morgan fingerprint density at radius 3 is 2.00 bits per heavy atom. The van der Waals surface area contributed by atoms with Crippen LogP contribution in [0.5, 0.6) is 0 Å². The molecular formula is C11H20F3NO2. The number of carbonyl (C=O) groups excluding carboxylic acids is 1. The number of esters is 1. The quantitative estimate of drug-likeness (QED) is 0.784. The summed E-state index contributed by atoms with van der Waals surface area (Å²) >= 11 is 0. The van der Waals surface area contributed by atoms with Gasteiger partial charge >= 0.3 is 12.1 Å². The number of carbonyl (C=O) groups is 1. The Hall–Kier alpha value is -0.780. The molecule has 0 saturated heterocycles. The molecule has 0 heterocycles. The first kappa shape index (κ1) is 16.2. The van der Waals surface area contributed by atoms with E-state index < -0.39 is 30.3 Å². The first-order chi connectivity index (χ1) is 7.42. The van der Waals surface area contributed by atoms with E-state index in [4.69, 9.17) is 4.74 Å². The minimum absolute atomic E-state index is 0.271. The molecule has 0 fully saturated rings. The molecule has 0 aliphatic heterocycles. The topological polar surface area (TPSA) is 38.3 Å². The summed E-state index contributed by atoms with van der Waals surface area (Å²) in [5, 5.41) is 2.18. The van der Waals surface area contributed by atoms with Gasteiger partial charge in [-0.2, -0.15) is 13.2 Å². The predicted molar refractivity (Wildman–Crippen MR) is 58.5 cm³/mol. The number of rotatable bonds is 4. The Morgan fingerprint density at radius 1 is 1.24 bits per heavy atom. The Kier molecular flexibility index (Phi) is 5.45. The molecule has 0 aliphatic rings. The van der Waals surface area contributed by atoms with Gasteiger partial charge in [0.2, 0.25) is 0 Å². The normalized spacial score (nSPS) is 14.9. The molecule has 102 valence electrons. The van der Waals surface area contributed by atoms with E-state index in [1.165, 1.54) is 0 Å². The summed E-state index contributed by atoms with van der Waals surface area (Å²) in [6.45, 7) is 7.15. The average molecular weight is 255 g/mol. The molecule has 6 heteroatoms. The van der Waals surface area contributed by atoms with Crippen molar-refractivity contribution in [3.05, 3.63) is 0 Å². The highest BCUT2D eigenvalue weighted by atomic mass is 19.4. The van der Waals surface area contributed by atoms with E-state index >= 15 is 0 Å². The van der Waals surface area contributed by atoms with Crippen molar-refractivity contribution in [3.8, 4) is 0 Å². The number of alkyl halides is 3. The fourth-order valence-electron chi connectivity index (χ4n) is 1.18. The standard InChI is InChI=1S/C11H20F3NO2/c1-7(2)8(15-6-11(12,13)14)9(16)17-10(3,4)5/h7-8,15H,6H2,1-5H3. The van der Waals surface area contributed by atoms with Gasteiger partial charge in [-0.15, -0.1) is 0 Å². The number of halogens is 3. The van der Waals surface area contributed by atoms with Gasteiger partial charge in [-0.1, -0.05) is 13.8 Å². The molecule has 0 radical (unpaired) electrons. The lowest BCUT2D eigenvalue weighted by Gasteiger charge is -2.26. The summed E-state index contributed by atoms with van der Waals surface area (Å²) in [6.07, 6.45) is -4.34. The third kappa shape index (κ3) is 8.01. The number of ether oxygens (including phenoxy) is 1. The van der Waals surface area contributed by atoms with Crippen molar-refractivity contribution >= 4 is 5.97 Å². The van der Waals surface area contributed by atoms with Gasteiger partial charge in [0, 0.05) is 0 Å². The van der Waals surface area contributed by atoms with Crippen molar-refractivity contribution in [3.63, 3.8) is 0 Å². The molecule has 0 aromatic heterocycles. The lowest BCUT2D eigenvalue weighted by molar-refractivity contribution is -0.161. The predicted octanol–water partition coefficient (Wildman–Crippen LogP) is 2.50. The van der Waals surface area contributed by atoms with Gasteiger partial charge in [0.15, 0.2) is 0 Å². The summed E-state index contributed by atoms with van der Waals surface area (Å²) in [4.78, 5) is 11.7. The lowest BCUT2D eigenvalue weighted by atomic mass is 10.0. The minimum Gasteiger partial charge on any atom is -0.459 e. The zero-order valence-electron chi connectivity index (χ0n) is 10.8. The molecule has 0 bridgehead atoms. The highest BCUT2D eigenvalue weighted by molar-refractivity contribution is 5.76. The molecule has 0 aromatic rings. The zero-order chi connectivity index (χ0) is 13.9. The molecule has 1 N–H and O–H groups in total. The first-order valence-corrected chi connectivity index (χ1v) is 5.45. The van der Waals surface area contributed by atoms with Gasteiger partial charge < -0.3 is 4.74 Å². The number of hydrogen-bond acceptors (Lipinski definition) is 3. The Balaban J connectivity index is 4.48. The van der Waals surface area contributed by atoms with Crippen LogP contribution < -0.4 is 5.32 Å². The van der Waals surface area contributed by atoms with E-state index in [-0.39, 0.29) is 5.92 Å². The highest BCUT2D eigenvalue weighted by Crippen LogP contribution is 2.16. The van der Waals surface area contributed by atoms with Gasteiger partial charge in [-0.05, 0) is 26.7 Å². The number of hydrogen-bond donors (Lipinski definition) is 1. The van der Waals surface area contributed by atoms with E-state index in [1.54, 1.807) is 34.6 Å². The zero-order valence-corrected chi connectivity index (χ0v) is 10.8. The third-order valence-electron chi connectivity index (χ3n) is 1.85. The van der Waals surface area contributed by atoms with Crippen LogP contribution in [-0.4, -0.2) is 30.3 Å². The van der Waals surface area contributed by atoms with Gasteiger partial charge in [0.25, 0.3) is 0 Å². The van der Waals surface area contributed by atoms with Crippen molar-refractivity contribution in [2.24, 2.45) is 5.92 Å². The summed E-state index contributed by atoms with van der Waals surface area (Å²) in [5.74, 6) is -0.927. The maximum absolute atomic E-state index is 12.1. The van der Waals surface area contributed by atoms with E-state index in [1.807, 2.05) is 0 Å². The van der Waals surface area contributed by atoms with Crippen LogP contribution in [-0.2, 0) is 9.53 Å². The molecule has 3 nitrogen and oxygen atoms in total. The van der Waals surface area contributed by atoms with Crippen LogP contribution >= 0.6 is 0 Å². The summed E-state index contributed by atoms with van der Waals surface area (Å²) in [5.41, 5.74) is -0.704. The second kappa shape index (κ2) is 5.71. The fraction of sp³-hybridized carbons (Fsp3) is 0.909. The van der Waals surface area contributed by atoms with Gasteiger partial charge in [0.05, 0.1) is 6.54 Å². The van der Waals surface area contributed by atoms with Gasteiger partial charge in [0.1, 0.15) is 11.6 Å². The van der Waals surface area contributed by atoms with Crippen LogP contribution in [0.3, 0.4) is 0 Å². The molecular weight excluding hydrogens is 235 g/mol. The number of nitrogens with one attached hydrogen (secondary N) is 1. The van der Waals surface area contributed by atoms with Gasteiger partial charge in [-0.25, -0.2) is 0 Å². The van der Waals surface area contributed by atoms with Crippen molar-refractivity contribution in [2.45, 2.75) is 52.4 Å². The van der Waals surface area contributed by atoms with E-state index in [0.717, 1.165) is 0 Å². The van der Waals surface area contributed by atoms with Crippen molar-refractivity contribution < 1.29 is 22.7 Å². The molecule has 17 heavy (non-hydrogen) atoms. The maximum atomic E-state index is 12.1. The summed E-state index contributed by atoms with van der Waals surface area (Å²) < 4.78 is 41.3. The molecule has 0 spiro atoms. The van der Waals surface area contributed by atoms with Crippen molar-refractivity contribution in [1.29, 1.82) is 0 Å². The second-order valence-corrected chi connectivity index (χ2v) is 5.25.